The van der Waals surface area contributed by atoms with Gasteiger partial charge in [-0.25, -0.2) is 4.98 Å². The van der Waals surface area contributed by atoms with Gasteiger partial charge in [0.1, 0.15) is 11.6 Å². The lowest BCUT2D eigenvalue weighted by molar-refractivity contribution is 0.0248. The van der Waals surface area contributed by atoms with E-state index in [0.29, 0.717) is 53.3 Å². The molecular weight excluding hydrogens is 363 g/mol. The van der Waals surface area contributed by atoms with E-state index in [4.69, 9.17) is 28.9 Å². The molecule has 0 spiro atoms. The van der Waals surface area contributed by atoms with Gasteiger partial charge in [-0.1, -0.05) is 29.3 Å². The molecule has 0 saturated carbocycles. The van der Waals surface area contributed by atoms with Gasteiger partial charge in [-0.05, 0) is 31.9 Å². The highest BCUT2D eigenvalue weighted by atomic mass is 35.5. The lowest BCUT2D eigenvalue weighted by Gasteiger charge is -2.38. The van der Waals surface area contributed by atoms with Crippen molar-refractivity contribution < 1.29 is 5.11 Å². The first kappa shape index (κ1) is 18.2. The Bertz CT molecular complexity index is 845. The molecule has 3 rings (SSSR count). The Labute approximate surface area is 155 Å². The van der Waals surface area contributed by atoms with Crippen LogP contribution in [-0.2, 0) is 0 Å². The van der Waals surface area contributed by atoms with Crippen LogP contribution in [0.15, 0.2) is 29.1 Å². The van der Waals surface area contributed by atoms with E-state index in [1.807, 2.05) is 4.90 Å². The minimum absolute atomic E-state index is 0.230. The van der Waals surface area contributed by atoms with E-state index in [-0.39, 0.29) is 12.1 Å². The molecule has 0 unspecified atom stereocenters. The molecule has 0 radical (unpaired) electrons. The van der Waals surface area contributed by atoms with Crippen LogP contribution in [0.5, 0.6) is 0 Å². The summed E-state index contributed by atoms with van der Waals surface area (Å²) in [4.78, 5) is 19.2. The maximum Gasteiger partial charge on any atom is 0.260 e. The molecule has 0 bridgehead atoms. The molecule has 0 amide bonds. The Morgan fingerprint density at radius 3 is 2.60 bits per heavy atom. The van der Waals surface area contributed by atoms with Crippen molar-refractivity contribution in [2.24, 2.45) is 5.73 Å². The molecule has 1 aliphatic rings. The molecular formula is C17H20Cl2N4O2. The third-order valence-electron chi connectivity index (χ3n) is 4.64. The number of nitrogens with two attached hydrogens (primary N) is 1. The zero-order chi connectivity index (χ0) is 18.2. The highest BCUT2D eigenvalue weighted by Crippen LogP contribution is 2.29. The number of nitrogens with zero attached hydrogens (tertiary/aromatic N) is 3. The molecule has 2 aromatic rings. The van der Waals surface area contributed by atoms with E-state index in [1.54, 1.807) is 25.1 Å². The molecule has 1 aromatic heterocycles. The van der Waals surface area contributed by atoms with Crippen LogP contribution in [0, 0.1) is 6.92 Å². The zero-order valence-electron chi connectivity index (χ0n) is 13.9. The van der Waals surface area contributed by atoms with Crippen molar-refractivity contribution in [3.63, 3.8) is 0 Å². The molecule has 8 heteroatoms. The van der Waals surface area contributed by atoms with Crippen molar-refractivity contribution in [3.05, 3.63) is 50.5 Å². The van der Waals surface area contributed by atoms with Crippen LogP contribution in [0.25, 0.3) is 5.69 Å². The van der Waals surface area contributed by atoms with Gasteiger partial charge in [-0.2, -0.15) is 0 Å². The molecule has 0 aliphatic carbocycles. The average molecular weight is 383 g/mol. The fourth-order valence-electron chi connectivity index (χ4n) is 3.06. The summed E-state index contributed by atoms with van der Waals surface area (Å²) < 4.78 is 1.44. The molecule has 1 fully saturated rings. The predicted molar refractivity (Wildman–Crippen MR) is 100 cm³/mol. The molecule has 6 nitrogen and oxygen atoms in total. The summed E-state index contributed by atoms with van der Waals surface area (Å²) in [6.45, 7) is 3.19. The number of halogens is 2. The number of hydrogen-bond acceptors (Lipinski definition) is 5. The van der Waals surface area contributed by atoms with Gasteiger partial charge in [0, 0.05) is 25.7 Å². The summed E-state index contributed by atoms with van der Waals surface area (Å²) in [7, 11) is 0. The number of rotatable bonds is 3. The zero-order valence-corrected chi connectivity index (χ0v) is 15.4. The Morgan fingerprint density at radius 1 is 1.32 bits per heavy atom. The summed E-state index contributed by atoms with van der Waals surface area (Å²) in [5.41, 5.74) is 5.07. The first-order chi connectivity index (χ1) is 11.8. The maximum atomic E-state index is 12.7. The molecule has 2 heterocycles. The maximum absolute atomic E-state index is 12.7. The standard InChI is InChI=1S/C17H20Cl2N4O2/c1-11-21-14(22-7-5-17(25,10-20)6-8-22)9-15(24)23(11)13-4-2-3-12(18)16(13)19/h2-4,9,25H,5-8,10,20H2,1H3. The minimum Gasteiger partial charge on any atom is -0.388 e. The molecule has 1 aliphatic heterocycles. The van der Waals surface area contributed by atoms with E-state index in [0.717, 1.165) is 0 Å². The number of piperidine rings is 1. The molecule has 134 valence electrons. The monoisotopic (exact) mass is 382 g/mol. The van der Waals surface area contributed by atoms with Crippen molar-refractivity contribution in [3.8, 4) is 5.69 Å². The van der Waals surface area contributed by atoms with E-state index in [9.17, 15) is 9.90 Å². The quantitative estimate of drug-likeness (QED) is 0.849. The van der Waals surface area contributed by atoms with Gasteiger partial charge in [-0.15, -0.1) is 0 Å². The van der Waals surface area contributed by atoms with Gasteiger partial charge < -0.3 is 15.7 Å². The SMILES string of the molecule is Cc1nc(N2CCC(O)(CN)CC2)cc(=O)n1-c1cccc(Cl)c1Cl. The van der Waals surface area contributed by atoms with Crippen molar-refractivity contribution in [2.45, 2.75) is 25.4 Å². The summed E-state index contributed by atoms with van der Waals surface area (Å²) in [5, 5.41) is 10.9. The molecule has 1 saturated heterocycles. The number of aromatic nitrogens is 2. The second-order valence-electron chi connectivity index (χ2n) is 6.32. The number of aryl methyl sites for hydroxylation is 1. The Morgan fingerprint density at radius 2 is 2.00 bits per heavy atom. The largest absolute Gasteiger partial charge is 0.388 e. The van der Waals surface area contributed by atoms with Crippen LogP contribution in [-0.4, -0.2) is 39.9 Å². The molecule has 25 heavy (non-hydrogen) atoms. The summed E-state index contributed by atoms with van der Waals surface area (Å²) >= 11 is 12.3. The van der Waals surface area contributed by atoms with Crippen LogP contribution in [0.2, 0.25) is 10.0 Å². The topological polar surface area (TPSA) is 84.4 Å². The molecule has 0 atom stereocenters. The van der Waals surface area contributed by atoms with Crippen LogP contribution in [0.1, 0.15) is 18.7 Å². The third kappa shape index (κ3) is 3.53. The Balaban J connectivity index is 1.94. The summed E-state index contributed by atoms with van der Waals surface area (Å²) in [5.74, 6) is 1.11. The van der Waals surface area contributed by atoms with E-state index >= 15 is 0 Å². The van der Waals surface area contributed by atoms with Crippen molar-refractivity contribution in [1.82, 2.24) is 9.55 Å². The summed E-state index contributed by atoms with van der Waals surface area (Å²) in [6, 6.07) is 6.62. The second kappa shape index (κ2) is 6.96. The number of hydrogen-bond donors (Lipinski definition) is 2. The Kier molecular flexibility index (Phi) is 5.06. The number of anilines is 1. The van der Waals surface area contributed by atoms with Crippen LogP contribution in [0.4, 0.5) is 5.82 Å². The smallest absolute Gasteiger partial charge is 0.260 e. The summed E-state index contributed by atoms with van der Waals surface area (Å²) in [6.07, 6.45) is 1.10. The van der Waals surface area contributed by atoms with Gasteiger partial charge in [0.2, 0.25) is 0 Å². The van der Waals surface area contributed by atoms with Gasteiger partial charge in [0.15, 0.2) is 0 Å². The first-order valence-electron chi connectivity index (χ1n) is 8.07. The van der Waals surface area contributed by atoms with Crippen molar-refractivity contribution in [2.75, 3.05) is 24.5 Å². The van der Waals surface area contributed by atoms with E-state index < -0.39 is 5.60 Å². The van der Waals surface area contributed by atoms with Gasteiger partial charge in [0.05, 0.1) is 21.3 Å². The van der Waals surface area contributed by atoms with Crippen LogP contribution >= 0.6 is 23.2 Å². The van der Waals surface area contributed by atoms with Gasteiger partial charge in [0.25, 0.3) is 5.56 Å². The minimum atomic E-state index is -0.825. The Hall–Kier alpha value is -1.60. The second-order valence-corrected chi connectivity index (χ2v) is 7.11. The highest BCUT2D eigenvalue weighted by molar-refractivity contribution is 6.43. The number of aliphatic hydroxyl groups is 1. The normalized spacial score (nSPS) is 16.9. The lowest BCUT2D eigenvalue weighted by Crippen LogP contribution is -2.49. The fourth-order valence-corrected chi connectivity index (χ4v) is 3.44. The van der Waals surface area contributed by atoms with Crippen LogP contribution < -0.4 is 16.2 Å². The van der Waals surface area contributed by atoms with Crippen molar-refractivity contribution >= 4 is 29.0 Å². The fraction of sp³-hybridized carbons (Fsp3) is 0.412. The number of benzene rings is 1. The van der Waals surface area contributed by atoms with E-state index in [2.05, 4.69) is 4.98 Å². The molecule has 1 aromatic carbocycles. The average Bonchev–Trinajstić information content (AvgIpc) is 2.58. The van der Waals surface area contributed by atoms with Gasteiger partial charge >= 0.3 is 0 Å². The van der Waals surface area contributed by atoms with Gasteiger partial charge in [-0.3, -0.25) is 9.36 Å². The third-order valence-corrected chi connectivity index (χ3v) is 5.45. The van der Waals surface area contributed by atoms with Crippen molar-refractivity contribution in [1.29, 1.82) is 0 Å². The van der Waals surface area contributed by atoms with E-state index in [1.165, 1.54) is 10.6 Å². The predicted octanol–water partition coefficient (Wildman–Crippen LogP) is 2.14. The molecule has 3 N–H and O–H groups in total. The first-order valence-corrected chi connectivity index (χ1v) is 8.83. The lowest BCUT2D eigenvalue weighted by atomic mass is 9.92. The van der Waals surface area contributed by atoms with Crippen LogP contribution in [0.3, 0.4) is 0 Å². The highest BCUT2D eigenvalue weighted by Gasteiger charge is 2.31.